The van der Waals surface area contributed by atoms with Crippen molar-refractivity contribution in [3.05, 3.63) is 52.9 Å². The molecule has 5 rings (SSSR count). The SMILES string of the molecule is O=c1c2cc3cc4c(cc3nc2nc2ccccn12)OCO4. The van der Waals surface area contributed by atoms with Crippen molar-refractivity contribution in [3.63, 3.8) is 0 Å². The standard InChI is InChI=1S/C16H9N3O3/c20-16-10-5-9-6-12-13(22-8-21-12)7-11(9)17-15(10)18-14-3-1-2-4-19(14)16/h1-7H,8H2. The Balaban J connectivity index is 1.95. The van der Waals surface area contributed by atoms with Crippen molar-refractivity contribution < 1.29 is 9.47 Å². The number of hydrogen-bond donors (Lipinski definition) is 0. The fourth-order valence-corrected chi connectivity index (χ4v) is 2.73. The number of benzene rings is 1. The van der Waals surface area contributed by atoms with Crippen LogP contribution >= 0.6 is 0 Å². The molecule has 0 bridgehead atoms. The van der Waals surface area contributed by atoms with Crippen molar-refractivity contribution in [2.45, 2.75) is 0 Å². The highest BCUT2D eigenvalue weighted by Crippen LogP contribution is 2.35. The van der Waals surface area contributed by atoms with E-state index in [9.17, 15) is 4.79 Å². The van der Waals surface area contributed by atoms with Gasteiger partial charge in [0.2, 0.25) is 6.79 Å². The third kappa shape index (κ3) is 1.46. The van der Waals surface area contributed by atoms with Gasteiger partial charge in [-0.2, -0.15) is 0 Å². The van der Waals surface area contributed by atoms with Gasteiger partial charge in [0, 0.05) is 17.6 Å². The van der Waals surface area contributed by atoms with Crippen LogP contribution in [0.25, 0.3) is 27.6 Å². The summed E-state index contributed by atoms with van der Waals surface area (Å²) >= 11 is 0. The summed E-state index contributed by atoms with van der Waals surface area (Å²) in [5.74, 6) is 1.33. The zero-order valence-electron chi connectivity index (χ0n) is 11.3. The van der Waals surface area contributed by atoms with Gasteiger partial charge in [0.25, 0.3) is 5.56 Å². The summed E-state index contributed by atoms with van der Waals surface area (Å²) in [7, 11) is 0. The highest BCUT2D eigenvalue weighted by atomic mass is 16.7. The molecule has 106 valence electrons. The summed E-state index contributed by atoms with van der Waals surface area (Å²) in [5, 5.41) is 1.31. The number of hydrogen-bond acceptors (Lipinski definition) is 5. The van der Waals surface area contributed by atoms with E-state index < -0.39 is 0 Å². The van der Waals surface area contributed by atoms with Gasteiger partial charge in [0.15, 0.2) is 17.1 Å². The Bertz CT molecular complexity index is 1130. The zero-order chi connectivity index (χ0) is 14.7. The van der Waals surface area contributed by atoms with Gasteiger partial charge in [0.05, 0.1) is 10.9 Å². The Hall–Kier alpha value is -3.15. The highest BCUT2D eigenvalue weighted by Gasteiger charge is 2.16. The molecule has 0 fully saturated rings. The van der Waals surface area contributed by atoms with Gasteiger partial charge in [-0.3, -0.25) is 9.20 Å². The Labute approximate surface area is 123 Å². The van der Waals surface area contributed by atoms with Crippen LogP contribution < -0.4 is 15.0 Å². The predicted octanol–water partition coefficient (Wildman–Crippen LogP) is 2.12. The Morgan fingerprint density at radius 1 is 1.05 bits per heavy atom. The van der Waals surface area contributed by atoms with E-state index in [0.717, 1.165) is 10.9 Å². The Kier molecular flexibility index (Phi) is 2.06. The van der Waals surface area contributed by atoms with Gasteiger partial charge < -0.3 is 9.47 Å². The maximum absolute atomic E-state index is 12.6. The van der Waals surface area contributed by atoms with E-state index in [2.05, 4.69) is 9.97 Å². The minimum absolute atomic E-state index is 0.132. The van der Waals surface area contributed by atoms with Crippen LogP contribution in [0.4, 0.5) is 0 Å². The second-order valence-electron chi connectivity index (χ2n) is 5.10. The zero-order valence-corrected chi connectivity index (χ0v) is 11.3. The average molecular weight is 291 g/mol. The molecule has 0 radical (unpaired) electrons. The van der Waals surface area contributed by atoms with Crippen LogP contribution in [-0.2, 0) is 0 Å². The van der Waals surface area contributed by atoms with Crippen LogP contribution in [0.5, 0.6) is 11.5 Å². The molecule has 0 unspecified atom stereocenters. The van der Waals surface area contributed by atoms with Crippen LogP contribution in [0.1, 0.15) is 0 Å². The summed E-state index contributed by atoms with van der Waals surface area (Å²) < 4.78 is 12.3. The first kappa shape index (κ1) is 11.5. The van der Waals surface area contributed by atoms with Crippen molar-refractivity contribution in [1.29, 1.82) is 0 Å². The van der Waals surface area contributed by atoms with Crippen LogP contribution in [0.2, 0.25) is 0 Å². The van der Waals surface area contributed by atoms with E-state index >= 15 is 0 Å². The molecule has 0 spiro atoms. The first-order valence-electron chi connectivity index (χ1n) is 6.81. The first-order chi connectivity index (χ1) is 10.8. The number of fused-ring (bicyclic) bond motifs is 4. The molecule has 22 heavy (non-hydrogen) atoms. The van der Waals surface area contributed by atoms with E-state index in [0.29, 0.717) is 28.2 Å². The van der Waals surface area contributed by atoms with Gasteiger partial charge in [-0.15, -0.1) is 0 Å². The lowest BCUT2D eigenvalue weighted by Gasteiger charge is -2.05. The van der Waals surface area contributed by atoms with E-state index in [1.54, 1.807) is 24.4 Å². The van der Waals surface area contributed by atoms with Crippen LogP contribution in [0.3, 0.4) is 0 Å². The maximum atomic E-state index is 12.6. The minimum atomic E-state index is -0.132. The molecular formula is C16H9N3O3. The molecule has 3 aromatic heterocycles. The van der Waals surface area contributed by atoms with Crippen LogP contribution in [0, 0.1) is 0 Å². The van der Waals surface area contributed by atoms with Crippen molar-refractivity contribution in [1.82, 2.24) is 14.4 Å². The molecule has 0 saturated heterocycles. The molecular weight excluding hydrogens is 282 g/mol. The van der Waals surface area contributed by atoms with Gasteiger partial charge in [-0.1, -0.05) is 6.07 Å². The number of aromatic nitrogens is 3. The molecule has 1 aromatic carbocycles. The Morgan fingerprint density at radius 2 is 1.91 bits per heavy atom. The van der Waals surface area contributed by atoms with E-state index in [4.69, 9.17) is 9.47 Å². The number of pyridine rings is 2. The molecule has 1 aliphatic rings. The quantitative estimate of drug-likeness (QED) is 0.464. The fraction of sp³-hybridized carbons (Fsp3) is 0.0625. The van der Waals surface area contributed by atoms with Crippen LogP contribution in [0.15, 0.2) is 47.4 Å². The van der Waals surface area contributed by atoms with Gasteiger partial charge in [-0.25, -0.2) is 9.97 Å². The topological polar surface area (TPSA) is 65.7 Å². The Morgan fingerprint density at radius 3 is 2.82 bits per heavy atom. The van der Waals surface area contributed by atoms with E-state index in [1.807, 2.05) is 18.2 Å². The highest BCUT2D eigenvalue weighted by molar-refractivity contribution is 5.93. The van der Waals surface area contributed by atoms with Crippen LogP contribution in [-0.4, -0.2) is 21.2 Å². The smallest absolute Gasteiger partial charge is 0.267 e. The first-order valence-corrected chi connectivity index (χ1v) is 6.81. The van der Waals surface area contributed by atoms with Crippen molar-refractivity contribution in [2.75, 3.05) is 6.79 Å². The van der Waals surface area contributed by atoms with Gasteiger partial charge >= 0.3 is 0 Å². The number of ether oxygens (including phenoxy) is 2. The minimum Gasteiger partial charge on any atom is -0.454 e. The lowest BCUT2D eigenvalue weighted by Crippen LogP contribution is -2.15. The molecule has 4 heterocycles. The summed E-state index contributed by atoms with van der Waals surface area (Å²) in [5.41, 5.74) is 1.60. The fourth-order valence-electron chi connectivity index (χ4n) is 2.73. The lowest BCUT2D eigenvalue weighted by atomic mass is 10.1. The molecule has 1 aliphatic heterocycles. The predicted molar refractivity (Wildman–Crippen MR) is 80.4 cm³/mol. The third-order valence-electron chi connectivity index (χ3n) is 3.80. The van der Waals surface area contributed by atoms with Crippen molar-refractivity contribution in [3.8, 4) is 11.5 Å². The lowest BCUT2D eigenvalue weighted by molar-refractivity contribution is 0.174. The maximum Gasteiger partial charge on any atom is 0.267 e. The molecule has 6 heteroatoms. The number of nitrogens with zero attached hydrogens (tertiary/aromatic N) is 3. The third-order valence-corrected chi connectivity index (χ3v) is 3.80. The van der Waals surface area contributed by atoms with Gasteiger partial charge in [-0.05, 0) is 24.3 Å². The molecule has 0 N–H and O–H groups in total. The largest absolute Gasteiger partial charge is 0.454 e. The molecule has 4 aromatic rings. The summed E-state index contributed by atoms with van der Waals surface area (Å²) in [6.45, 7) is 0.204. The molecule has 0 amide bonds. The molecule has 0 saturated carbocycles. The monoisotopic (exact) mass is 291 g/mol. The van der Waals surface area contributed by atoms with Crippen molar-refractivity contribution in [2.24, 2.45) is 0 Å². The summed E-state index contributed by atoms with van der Waals surface area (Å²) in [6.07, 6.45) is 1.70. The summed E-state index contributed by atoms with van der Waals surface area (Å²) in [6, 6.07) is 10.9. The van der Waals surface area contributed by atoms with Crippen molar-refractivity contribution >= 4 is 27.6 Å². The van der Waals surface area contributed by atoms with Gasteiger partial charge in [0.1, 0.15) is 5.65 Å². The normalized spacial score (nSPS) is 13.3. The van der Waals surface area contributed by atoms with E-state index in [-0.39, 0.29) is 12.4 Å². The molecule has 0 aliphatic carbocycles. The summed E-state index contributed by atoms with van der Waals surface area (Å²) in [4.78, 5) is 21.6. The number of rotatable bonds is 0. The molecule has 6 nitrogen and oxygen atoms in total. The van der Waals surface area contributed by atoms with E-state index in [1.165, 1.54) is 4.40 Å². The second kappa shape index (κ2) is 3.94. The average Bonchev–Trinajstić information content (AvgIpc) is 2.99. The molecule has 0 atom stereocenters. The second-order valence-corrected chi connectivity index (χ2v) is 5.10.